The average Bonchev–Trinajstić information content (AvgIpc) is 2.17. The van der Waals surface area contributed by atoms with Crippen LogP contribution in [0.3, 0.4) is 0 Å². The van der Waals surface area contributed by atoms with Crippen molar-refractivity contribution in [2.45, 2.75) is 6.92 Å². The zero-order valence-electron chi connectivity index (χ0n) is 8.37. The van der Waals surface area contributed by atoms with Crippen LogP contribution in [0, 0.1) is 12.7 Å². The molecule has 2 aromatic rings. The minimum atomic E-state index is -0.318. The fraction of sp³-hybridized carbons (Fsp3) is 0.0833. The molecule has 1 aromatic carbocycles. The molecule has 0 aliphatic rings. The van der Waals surface area contributed by atoms with Gasteiger partial charge in [-0.25, -0.2) is 4.39 Å². The van der Waals surface area contributed by atoms with E-state index in [-0.39, 0.29) is 5.82 Å². The Balaban J connectivity index is 2.54. The van der Waals surface area contributed by atoms with Crippen LogP contribution >= 0.6 is 0 Å². The highest BCUT2D eigenvalue weighted by Gasteiger charge is 2.03. The zero-order chi connectivity index (χ0) is 10.8. The molecule has 1 heterocycles. The third kappa shape index (κ3) is 1.96. The lowest BCUT2D eigenvalue weighted by Crippen LogP contribution is -1.92. The van der Waals surface area contributed by atoms with E-state index in [4.69, 9.17) is 5.73 Å². The molecule has 0 fully saturated rings. The van der Waals surface area contributed by atoms with Crippen LogP contribution in [-0.4, -0.2) is 4.98 Å². The van der Waals surface area contributed by atoms with Crippen molar-refractivity contribution < 1.29 is 4.39 Å². The average molecular weight is 202 g/mol. The second kappa shape index (κ2) is 3.69. The third-order valence-corrected chi connectivity index (χ3v) is 2.22. The van der Waals surface area contributed by atoms with E-state index < -0.39 is 0 Å². The van der Waals surface area contributed by atoms with Crippen molar-refractivity contribution in [2.75, 3.05) is 5.73 Å². The first-order valence-corrected chi connectivity index (χ1v) is 4.65. The molecule has 2 rings (SSSR count). The lowest BCUT2D eigenvalue weighted by Gasteiger charge is -2.06. The summed E-state index contributed by atoms with van der Waals surface area (Å²) in [5.74, 6) is -0.318. The molecular weight excluding hydrogens is 191 g/mol. The largest absolute Gasteiger partial charge is 0.398 e. The summed E-state index contributed by atoms with van der Waals surface area (Å²) in [5, 5.41) is 0. The van der Waals surface area contributed by atoms with Crippen LogP contribution in [0.15, 0.2) is 36.5 Å². The van der Waals surface area contributed by atoms with E-state index in [1.807, 2.05) is 19.1 Å². The number of rotatable bonds is 1. The number of anilines is 1. The van der Waals surface area contributed by atoms with Gasteiger partial charge in [-0.1, -0.05) is 0 Å². The summed E-state index contributed by atoms with van der Waals surface area (Å²) >= 11 is 0. The van der Waals surface area contributed by atoms with Gasteiger partial charge >= 0.3 is 0 Å². The fourth-order valence-corrected chi connectivity index (χ4v) is 1.51. The van der Waals surface area contributed by atoms with Crippen molar-refractivity contribution in [2.24, 2.45) is 0 Å². The summed E-state index contributed by atoms with van der Waals surface area (Å²) in [5.41, 5.74) is 8.89. The molecule has 0 atom stereocenters. The Morgan fingerprint density at radius 1 is 1.20 bits per heavy atom. The first-order valence-electron chi connectivity index (χ1n) is 4.65. The van der Waals surface area contributed by atoms with Gasteiger partial charge in [0.1, 0.15) is 5.82 Å². The molecule has 2 nitrogen and oxygen atoms in total. The van der Waals surface area contributed by atoms with Crippen LogP contribution in [0.4, 0.5) is 10.1 Å². The molecule has 0 saturated heterocycles. The normalized spacial score (nSPS) is 10.3. The molecule has 0 radical (unpaired) electrons. The maximum Gasteiger partial charge on any atom is 0.125 e. The highest BCUT2D eigenvalue weighted by atomic mass is 19.1. The van der Waals surface area contributed by atoms with Gasteiger partial charge in [-0.05, 0) is 42.8 Å². The molecule has 15 heavy (non-hydrogen) atoms. The van der Waals surface area contributed by atoms with Crippen molar-refractivity contribution in [1.29, 1.82) is 0 Å². The van der Waals surface area contributed by atoms with Gasteiger partial charge in [0.25, 0.3) is 0 Å². The first kappa shape index (κ1) is 9.65. The molecule has 0 spiro atoms. The van der Waals surface area contributed by atoms with Crippen molar-refractivity contribution in [3.63, 3.8) is 0 Å². The van der Waals surface area contributed by atoms with Crippen LogP contribution in [0.2, 0.25) is 0 Å². The topological polar surface area (TPSA) is 38.9 Å². The summed E-state index contributed by atoms with van der Waals surface area (Å²) < 4.78 is 12.9. The second-order valence-corrected chi connectivity index (χ2v) is 3.42. The summed E-state index contributed by atoms with van der Waals surface area (Å²) in [7, 11) is 0. The molecule has 76 valence electrons. The van der Waals surface area contributed by atoms with E-state index in [1.54, 1.807) is 12.3 Å². The minimum Gasteiger partial charge on any atom is -0.398 e. The van der Waals surface area contributed by atoms with Crippen LogP contribution in [0.5, 0.6) is 0 Å². The molecule has 1 aromatic heterocycles. The SMILES string of the molecule is Cc1cc(-c2ccc(F)cc2N)ccn1. The van der Waals surface area contributed by atoms with Gasteiger partial charge in [-0.3, -0.25) is 4.98 Å². The van der Waals surface area contributed by atoms with Gasteiger partial charge < -0.3 is 5.73 Å². The van der Waals surface area contributed by atoms with Crippen molar-refractivity contribution in [3.05, 3.63) is 48.0 Å². The number of aromatic nitrogens is 1. The molecule has 0 saturated carbocycles. The van der Waals surface area contributed by atoms with Crippen molar-refractivity contribution in [3.8, 4) is 11.1 Å². The number of nitrogens with two attached hydrogens (primary N) is 1. The summed E-state index contributed by atoms with van der Waals surface area (Å²) in [6.07, 6.45) is 1.72. The minimum absolute atomic E-state index is 0.318. The van der Waals surface area contributed by atoms with E-state index in [0.717, 1.165) is 16.8 Å². The highest BCUT2D eigenvalue weighted by Crippen LogP contribution is 2.26. The Hall–Kier alpha value is -1.90. The van der Waals surface area contributed by atoms with E-state index >= 15 is 0 Å². The zero-order valence-corrected chi connectivity index (χ0v) is 8.37. The van der Waals surface area contributed by atoms with Gasteiger partial charge in [0.15, 0.2) is 0 Å². The van der Waals surface area contributed by atoms with E-state index in [0.29, 0.717) is 5.69 Å². The van der Waals surface area contributed by atoms with Crippen molar-refractivity contribution >= 4 is 5.69 Å². The Labute approximate surface area is 87.6 Å². The summed E-state index contributed by atoms with van der Waals surface area (Å²) in [6.45, 7) is 1.91. The Kier molecular flexibility index (Phi) is 2.37. The van der Waals surface area contributed by atoms with Crippen LogP contribution in [0.1, 0.15) is 5.69 Å². The number of nitrogens with zero attached hydrogens (tertiary/aromatic N) is 1. The molecule has 0 aliphatic carbocycles. The molecule has 2 N–H and O–H groups in total. The number of benzene rings is 1. The van der Waals surface area contributed by atoms with Crippen LogP contribution in [-0.2, 0) is 0 Å². The van der Waals surface area contributed by atoms with Gasteiger partial charge in [0, 0.05) is 23.1 Å². The molecule has 0 unspecified atom stereocenters. The molecule has 3 heteroatoms. The second-order valence-electron chi connectivity index (χ2n) is 3.42. The number of halogens is 1. The Morgan fingerprint density at radius 2 is 2.00 bits per heavy atom. The fourth-order valence-electron chi connectivity index (χ4n) is 1.51. The van der Waals surface area contributed by atoms with Crippen LogP contribution < -0.4 is 5.73 Å². The number of hydrogen-bond donors (Lipinski definition) is 1. The van der Waals surface area contributed by atoms with E-state index in [9.17, 15) is 4.39 Å². The van der Waals surface area contributed by atoms with Crippen LogP contribution in [0.25, 0.3) is 11.1 Å². The monoisotopic (exact) mass is 202 g/mol. The third-order valence-electron chi connectivity index (χ3n) is 2.22. The first-order chi connectivity index (χ1) is 7.16. The van der Waals surface area contributed by atoms with Gasteiger partial charge in [0.05, 0.1) is 0 Å². The highest BCUT2D eigenvalue weighted by molar-refractivity contribution is 5.76. The maximum absolute atomic E-state index is 12.9. The number of nitrogen functional groups attached to an aromatic ring is 1. The maximum atomic E-state index is 12.9. The Morgan fingerprint density at radius 3 is 2.67 bits per heavy atom. The van der Waals surface area contributed by atoms with Gasteiger partial charge in [-0.15, -0.1) is 0 Å². The summed E-state index contributed by atoms with van der Waals surface area (Å²) in [4.78, 5) is 4.10. The molecule has 0 amide bonds. The predicted octanol–water partition coefficient (Wildman–Crippen LogP) is 2.78. The number of hydrogen-bond acceptors (Lipinski definition) is 2. The Bertz CT molecular complexity index is 495. The van der Waals surface area contributed by atoms with Gasteiger partial charge in [-0.2, -0.15) is 0 Å². The smallest absolute Gasteiger partial charge is 0.125 e. The molecule has 0 bridgehead atoms. The molecular formula is C12H11FN2. The lowest BCUT2D eigenvalue weighted by atomic mass is 10.0. The number of aryl methyl sites for hydroxylation is 1. The quantitative estimate of drug-likeness (QED) is 0.722. The number of pyridine rings is 1. The predicted molar refractivity (Wildman–Crippen MR) is 58.8 cm³/mol. The standard InChI is InChI=1S/C12H11FN2/c1-8-6-9(4-5-15-8)11-3-2-10(13)7-12(11)14/h2-7H,14H2,1H3. The molecule has 0 aliphatic heterocycles. The summed E-state index contributed by atoms with van der Waals surface area (Å²) in [6, 6.07) is 8.19. The van der Waals surface area contributed by atoms with E-state index in [1.165, 1.54) is 12.1 Å². The van der Waals surface area contributed by atoms with E-state index in [2.05, 4.69) is 4.98 Å². The van der Waals surface area contributed by atoms with Crippen molar-refractivity contribution in [1.82, 2.24) is 4.98 Å². The van der Waals surface area contributed by atoms with Gasteiger partial charge in [0.2, 0.25) is 0 Å². The lowest BCUT2D eigenvalue weighted by molar-refractivity contribution is 0.628.